The molecule has 6 heteroatoms. The summed E-state index contributed by atoms with van der Waals surface area (Å²) in [6.45, 7) is 0.391. The highest BCUT2D eigenvalue weighted by molar-refractivity contribution is 7.84. The third-order valence-electron chi connectivity index (χ3n) is 1.66. The standard InChI is InChI=1S/C9H11ClN2O2S/c1-15(14)5-4-12-9(13)7-2-3-11-8(10)6-7/h2-3,6H,4-5H2,1H3,(H,12,13). The Labute approximate surface area is 95.5 Å². The largest absolute Gasteiger partial charge is 0.351 e. The number of amides is 1. The molecule has 0 aliphatic rings. The first-order valence-electron chi connectivity index (χ1n) is 4.29. The first-order valence-corrected chi connectivity index (χ1v) is 6.40. The average molecular weight is 247 g/mol. The summed E-state index contributed by atoms with van der Waals surface area (Å²) in [4.78, 5) is 15.2. The maximum Gasteiger partial charge on any atom is 0.251 e. The van der Waals surface area contributed by atoms with Gasteiger partial charge in [0.2, 0.25) is 0 Å². The maximum absolute atomic E-state index is 11.5. The molecule has 0 saturated heterocycles. The van der Waals surface area contributed by atoms with E-state index in [0.29, 0.717) is 17.9 Å². The Morgan fingerprint density at radius 2 is 2.40 bits per heavy atom. The predicted molar refractivity (Wildman–Crippen MR) is 60.5 cm³/mol. The van der Waals surface area contributed by atoms with E-state index in [0.717, 1.165) is 0 Å². The lowest BCUT2D eigenvalue weighted by Gasteiger charge is -2.03. The number of halogens is 1. The van der Waals surface area contributed by atoms with Gasteiger partial charge >= 0.3 is 0 Å². The molecule has 1 aromatic rings. The molecule has 4 nitrogen and oxygen atoms in total. The molecule has 1 heterocycles. The monoisotopic (exact) mass is 246 g/mol. The van der Waals surface area contributed by atoms with Crippen molar-refractivity contribution in [1.29, 1.82) is 0 Å². The van der Waals surface area contributed by atoms with Crippen molar-refractivity contribution >= 4 is 28.3 Å². The van der Waals surface area contributed by atoms with Crippen molar-refractivity contribution in [2.45, 2.75) is 0 Å². The van der Waals surface area contributed by atoms with Crippen molar-refractivity contribution in [2.24, 2.45) is 0 Å². The van der Waals surface area contributed by atoms with E-state index in [2.05, 4.69) is 10.3 Å². The summed E-state index contributed by atoms with van der Waals surface area (Å²) in [7, 11) is -0.896. The number of pyridine rings is 1. The van der Waals surface area contributed by atoms with E-state index in [1.807, 2.05) is 0 Å². The zero-order chi connectivity index (χ0) is 11.3. The minimum atomic E-state index is -0.896. The summed E-state index contributed by atoms with van der Waals surface area (Å²) >= 11 is 5.63. The second-order valence-corrected chi connectivity index (χ2v) is 4.84. The van der Waals surface area contributed by atoms with E-state index in [1.54, 1.807) is 12.3 Å². The highest BCUT2D eigenvalue weighted by atomic mass is 35.5. The lowest BCUT2D eigenvalue weighted by molar-refractivity contribution is 0.0956. The van der Waals surface area contributed by atoms with Gasteiger partial charge in [0, 0.05) is 41.1 Å². The molecule has 0 aliphatic heterocycles. The van der Waals surface area contributed by atoms with Crippen LogP contribution in [0, 0.1) is 0 Å². The highest BCUT2D eigenvalue weighted by Gasteiger charge is 2.05. The number of nitrogens with one attached hydrogen (secondary N) is 1. The van der Waals surface area contributed by atoms with Gasteiger partial charge in [-0.25, -0.2) is 4.98 Å². The van der Waals surface area contributed by atoms with Gasteiger partial charge in [0.1, 0.15) is 5.15 Å². The molecule has 0 bridgehead atoms. The zero-order valence-electron chi connectivity index (χ0n) is 8.20. The molecule has 0 fully saturated rings. The van der Waals surface area contributed by atoms with Crippen LogP contribution < -0.4 is 5.32 Å². The fourth-order valence-electron chi connectivity index (χ4n) is 0.954. The van der Waals surface area contributed by atoms with Gasteiger partial charge in [-0.2, -0.15) is 0 Å². The van der Waals surface area contributed by atoms with E-state index >= 15 is 0 Å². The van der Waals surface area contributed by atoms with Gasteiger partial charge in [-0.1, -0.05) is 11.6 Å². The summed E-state index contributed by atoms with van der Waals surface area (Å²) < 4.78 is 10.7. The number of nitrogens with zero attached hydrogens (tertiary/aromatic N) is 1. The van der Waals surface area contributed by atoms with Gasteiger partial charge in [0.25, 0.3) is 5.91 Å². The lowest BCUT2D eigenvalue weighted by Crippen LogP contribution is -2.27. The van der Waals surface area contributed by atoms with Gasteiger partial charge in [0.05, 0.1) is 0 Å². The van der Waals surface area contributed by atoms with Crippen molar-refractivity contribution in [3.8, 4) is 0 Å². The number of carbonyl (C=O) groups is 1. The van der Waals surface area contributed by atoms with Crippen LogP contribution in [0.2, 0.25) is 5.15 Å². The Kier molecular flexibility index (Phi) is 4.71. The summed E-state index contributed by atoms with van der Waals surface area (Å²) in [5.74, 6) is 0.217. The summed E-state index contributed by atoms with van der Waals surface area (Å²) in [5, 5.41) is 2.92. The number of rotatable bonds is 4. The quantitative estimate of drug-likeness (QED) is 0.801. The van der Waals surface area contributed by atoms with Gasteiger partial charge in [-0.15, -0.1) is 0 Å². The number of aromatic nitrogens is 1. The van der Waals surface area contributed by atoms with Gasteiger partial charge in [0.15, 0.2) is 0 Å². The van der Waals surface area contributed by atoms with Gasteiger partial charge < -0.3 is 5.32 Å². The van der Waals surface area contributed by atoms with Crippen LogP contribution in [-0.2, 0) is 10.8 Å². The smallest absolute Gasteiger partial charge is 0.251 e. The Balaban J connectivity index is 2.50. The molecule has 0 aromatic carbocycles. The van der Waals surface area contributed by atoms with Crippen LogP contribution in [0.5, 0.6) is 0 Å². The minimum Gasteiger partial charge on any atom is -0.351 e. The van der Waals surface area contributed by atoms with Crippen LogP contribution in [0.1, 0.15) is 10.4 Å². The van der Waals surface area contributed by atoms with E-state index in [4.69, 9.17) is 11.6 Å². The first-order chi connectivity index (χ1) is 7.09. The number of hydrogen-bond acceptors (Lipinski definition) is 3. The third-order valence-corrected chi connectivity index (χ3v) is 2.65. The van der Waals surface area contributed by atoms with Crippen LogP contribution in [0.4, 0.5) is 0 Å². The molecule has 0 aliphatic carbocycles. The molecule has 1 rings (SSSR count). The summed E-state index contributed by atoms with van der Waals surface area (Å²) in [6.07, 6.45) is 3.06. The fourth-order valence-corrected chi connectivity index (χ4v) is 1.52. The second kappa shape index (κ2) is 5.82. The van der Waals surface area contributed by atoms with Crippen molar-refractivity contribution in [3.63, 3.8) is 0 Å². The van der Waals surface area contributed by atoms with E-state index < -0.39 is 10.8 Å². The maximum atomic E-state index is 11.5. The van der Waals surface area contributed by atoms with Crippen LogP contribution >= 0.6 is 11.6 Å². The van der Waals surface area contributed by atoms with Crippen LogP contribution in [0.25, 0.3) is 0 Å². The fraction of sp³-hybridized carbons (Fsp3) is 0.333. The average Bonchev–Trinajstić information content (AvgIpc) is 2.17. The molecule has 1 atom stereocenters. The zero-order valence-corrected chi connectivity index (χ0v) is 9.77. The van der Waals surface area contributed by atoms with Gasteiger partial charge in [-0.05, 0) is 12.1 Å². The number of carbonyl (C=O) groups excluding carboxylic acids is 1. The van der Waals surface area contributed by atoms with E-state index in [1.165, 1.54) is 12.3 Å². The van der Waals surface area contributed by atoms with Gasteiger partial charge in [-0.3, -0.25) is 9.00 Å². The predicted octanol–water partition coefficient (Wildman–Crippen LogP) is 0.843. The molecule has 0 radical (unpaired) electrons. The highest BCUT2D eigenvalue weighted by Crippen LogP contribution is 2.06. The van der Waals surface area contributed by atoms with E-state index in [9.17, 15) is 9.00 Å². The Morgan fingerprint density at radius 1 is 1.67 bits per heavy atom. The number of hydrogen-bond donors (Lipinski definition) is 1. The minimum absolute atomic E-state index is 0.232. The molecule has 15 heavy (non-hydrogen) atoms. The van der Waals surface area contributed by atoms with Crippen molar-refractivity contribution in [3.05, 3.63) is 29.0 Å². The summed E-state index contributed by atoms with van der Waals surface area (Å²) in [5.41, 5.74) is 0.455. The molecule has 1 N–H and O–H groups in total. The van der Waals surface area contributed by atoms with Crippen LogP contribution in [-0.4, -0.2) is 33.7 Å². The van der Waals surface area contributed by atoms with Crippen molar-refractivity contribution < 1.29 is 9.00 Å². The SMILES string of the molecule is CS(=O)CCNC(=O)c1ccnc(Cl)c1. The Bertz CT molecular complexity index is 384. The second-order valence-electron chi connectivity index (χ2n) is 2.90. The Morgan fingerprint density at radius 3 is 3.00 bits per heavy atom. The molecule has 82 valence electrons. The van der Waals surface area contributed by atoms with Crippen molar-refractivity contribution in [1.82, 2.24) is 10.3 Å². The molecule has 1 unspecified atom stereocenters. The first kappa shape index (κ1) is 12.1. The molecule has 0 spiro atoms. The van der Waals surface area contributed by atoms with E-state index in [-0.39, 0.29) is 11.1 Å². The Hall–Kier alpha value is -0.940. The van der Waals surface area contributed by atoms with Crippen LogP contribution in [0.3, 0.4) is 0 Å². The molecular formula is C9H11ClN2O2S. The lowest BCUT2D eigenvalue weighted by atomic mass is 10.2. The molecule has 0 saturated carbocycles. The third kappa shape index (κ3) is 4.40. The molecule has 1 amide bonds. The summed E-state index contributed by atoms with van der Waals surface area (Å²) in [6, 6.07) is 3.06. The topological polar surface area (TPSA) is 59.1 Å². The normalized spacial score (nSPS) is 12.1. The van der Waals surface area contributed by atoms with Crippen LogP contribution in [0.15, 0.2) is 18.3 Å². The molecule has 1 aromatic heterocycles. The van der Waals surface area contributed by atoms with Crippen molar-refractivity contribution in [2.75, 3.05) is 18.6 Å². The molecular weight excluding hydrogens is 236 g/mol.